The van der Waals surface area contributed by atoms with Crippen molar-refractivity contribution >= 4 is 43.8 Å². The number of non-ortho nitro benzene ring substituents is 1. The van der Waals surface area contributed by atoms with E-state index in [9.17, 15) is 23.3 Å². The van der Waals surface area contributed by atoms with E-state index in [1.807, 2.05) is 0 Å². The molecule has 3 rings (SSSR count). The molecule has 0 saturated heterocycles. The van der Waals surface area contributed by atoms with Crippen molar-refractivity contribution in [3.63, 3.8) is 0 Å². The van der Waals surface area contributed by atoms with E-state index < -0.39 is 26.9 Å². The standard InChI is InChI=1S/C20H21N5O6S2/c1-12-5-8-15(25(27)28)11-17(12)24(33(4,29)30)13(2)18(26)21-20-23-22-19(32-20)14-6-9-16(31-3)10-7-14/h5-11,13H,1-4H3,(H,21,23,26)/t13-/m0/s1. The van der Waals surface area contributed by atoms with E-state index in [0.29, 0.717) is 16.3 Å². The van der Waals surface area contributed by atoms with Crippen LogP contribution in [-0.4, -0.2) is 48.9 Å². The largest absolute Gasteiger partial charge is 0.497 e. The number of nitrogens with one attached hydrogen (secondary N) is 1. The van der Waals surface area contributed by atoms with Crippen molar-refractivity contribution in [3.8, 4) is 16.3 Å². The van der Waals surface area contributed by atoms with Crippen molar-refractivity contribution < 1.29 is 22.9 Å². The molecule has 174 valence electrons. The van der Waals surface area contributed by atoms with Gasteiger partial charge in [0.1, 0.15) is 16.8 Å². The van der Waals surface area contributed by atoms with Crippen LogP contribution in [-0.2, 0) is 14.8 Å². The summed E-state index contributed by atoms with van der Waals surface area (Å²) < 4.78 is 31.1. The third kappa shape index (κ3) is 5.43. The number of nitro groups is 1. The molecule has 0 bridgehead atoms. The normalized spacial score (nSPS) is 12.1. The summed E-state index contributed by atoms with van der Waals surface area (Å²) in [4.78, 5) is 23.4. The van der Waals surface area contributed by atoms with Crippen LogP contribution in [0.3, 0.4) is 0 Å². The van der Waals surface area contributed by atoms with E-state index in [1.54, 1.807) is 38.3 Å². The van der Waals surface area contributed by atoms with E-state index >= 15 is 0 Å². The number of nitro benzene ring substituents is 1. The van der Waals surface area contributed by atoms with Crippen molar-refractivity contribution in [2.24, 2.45) is 0 Å². The average molecular weight is 492 g/mol. The molecule has 0 aliphatic rings. The molecule has 1 heterocycles. The number of sulfonamides is 1. The number of ether oxygens (including phenoxy) is 1. The smallest absolute Gasteiger partial charge is 0.271 e. The number of aromatic nitrogens is 2. The molecule has 11 nitrogen and oxygen atoms in total. The lowest BCUT2D eigenvalue weighted by Gasteiger charge is -2.29. The summed E-state index contributed by atoms with van der Waals surface area (Å²) in [6.45, 7) is 2.99. The van der Waals surface area contributed by atoms with Gasteiger partial charge in [0.15, 0.2) is 0 Å². The van der Waals surface area contributed by atoms with Crippen LogP contribution in [0.5, 0.6) is 5.75 Å². The fraction of sp³-hybridized carbons (Fsp3) is 0.250. The van der Waals surface area contributed by atoms with Crippen LogP contribution in [0.15, 0.2) is 42.5 Å². The molecular formula is C20H21N5O6S2. The number of carbonyl (C=O) groups excluding carboxylic acids is 1. The molecule has 3 aromatic rings. The zero-order valence-electron chi connectivity index (χ0n) is 18.2. The number of methoxy groups -OCH3 is 1. The summed E-state index contributed by atoms with van der Waals surface area (Å²) in [5.41, 5.74) is 0.992. The highest BCUT2D eigenvalue weighted by Crippen LogP contribution is 2.31. The van der Waals surface area contributed by atoms with Crippen LogP contribution in [0.1, 0.15) is 12.5 Å². The van der Waals surface area contributed by atoms with Gasteiger partial charge in [0, 0.05) is 17.7 Å². The average Bonchev–Trinajstić information content (AvgIpc) is 3.22. The van der Waals surface area contributed by atoms with E-state index in [2.05, 4.69) is 15.5 Å². The highest BCUT2D eigenvalue weighted by Gasteiger charge is 2.31. The Morgan fingerprint density at radius 2 is 1.88 bits per heavy atom. The van der Waals surface area contributed by atoms with Crippen molar-refractivity contribution in [2.75, 3.05) is 23.0 Å². The van der Waals surface area contributed by atoms with Crippen LogP contribution in [0.4, 0.5) is 16.5 Å². The van der Waals surface area contributed by atoms with Crippen LogP contribution < -0.4 is 14.4 Å². The first-order chi connectivity index (χ1) is 15.5. The summed E-state index contributed by atoms with van der Waals surface area (Å²) in [7, 11) is -2.40. The molecule has 33 heavy (non-hydrogen) atoms. The van der Waals surface area contributed by atoms with E-state index in [1.165, 1.54) is 19.1 Å². The highest BCUT2D eigenvalue weighted by atomic mass is 32.2. The molecule has 1 aromatic heterocycles. The number of hydrogen-bond acceptors (Lipinski definition) is 9. The van der Waals surface area contributed by atoms with Crippen LogP contribution >= 0.6 is 11.3 Å². The Balaban J connectivity index is 1.86. The fourth-order valence-electron chi connectivity index (χ4n) is 3.06. The molecule has 1 N–H and O–H groups in total. The molecular weight excluding hydrogens is 470 g/mol. The van der Waals surface area contributed by atoms with E-state index in [0.717, 1.165) is 33.5 Å². The fourth-order valence-corrected chi connectivity index (χ4v) is 5.04. The molecule has 0 aliphatic carbocycles. The number of aryl methyl sites for hydroxylation is 1. The minimum atomic E-state index is -3.96. The molecule has 0 radical (unpaired) electrons. The first-order valence-electron chi connectivity index (χ1n) is 9.54. The topological polar surface area (TPSA) is 145 Å². The first kappa shape index (κ1) is 24.1. The Labute approximate surface area is 194 Å². The third-order valence-corrected chi connectivity index (χ3v) is 6.84. The molecule has 0 unspecified atom stereocenters. The molecule has 13 heteroatoms. The zero-order valence-corrected chi connectivity index (χ0v) is 19.8. The van der Waals surface area contributed by atoms with Crippen molar-refractivity contribution in [3.05, 3.63) is 58.1 Å². The maximum absolute atomic E-state index is 12.9. The Morgan fingerprint density at radius 3 is 2.45 bits per heavy atom. The predicted molar refractivity (Wildman–Crippen MR) is 125 cm³/mol. The van der Waals surface area contributed by atoms with Gasteiger partial charge in [-0.2, -0.15) is 0 Å². The number of hydrogen-bond donors (Lipinski definition) is 1. The van der Waals surface area contributed by atoms with E-state index in [4.69, 9.17) is 4.74 Å². The molecule has 0 fully saturated rings. The van der Waals surface area contributed by atoms with Gasteiger partial charge in [0.05, 0.1) is 24.0 Å². The maximum Gasteiger partial charge on any atom is 0.271 e. The lowest BCUT2D eigenvalue weighted by atomic mass is 10.1. The Kier molecular flexibility index (Phi) is 6.93. The second-order valence-corrected chi connectivity index (χ2v) is 9.93. The number of amides is 1. The number of rotatable bonds is 8. The minimum absolute atomic E-state index is 0.0468. The predicted octanol–water partition coefficient (Wildman–Crippen LogP) is 3.22. The maximum atomic E-state index is 12.9. The number of carbonyl (C=O) groups is 1. The number of benzene rings is 2. The molecule has 0 spiro atoms. The monoisotopic (exact) mass is 491 g/mol. The molecule has 2 aromatic carbocycles. The summed E-state index contributed by atoms with van der Waals surface area (Å²) in [6, 6.07) is 9.74. The van der Waals surface area contributed by atoms with Gasteiger partial charge < -0.3 is 4.74 Å². The summed E-state index contributed by atoms with van der Waals surface area (Å²) in [5, 5.41) is 22.5. The summed E-state index contributed by atoms with van der Waals surface area (Å²) in [5.74, 6) is 0.0201. The number of nitrogens with zero attached hydrogens (tertiary/aromatic N) is 4. The van der Waals surface area contributed by atoms with Gasteiger partial charge in [-0.05, 0) is 43.7 Å². The van der Waals surface area contributed by atoms with Crippen LogP contribution in [0.2, 0.25) is 0 Å². The summed E-state index contributed by atoms with van der Waals surface area (Å²) >= 11 is 1.12. The van der Waals surface area contributed by atoms with Gasteiger partial charge in [-0.1, -0.05) is 17.4 Å². The first-order valence-corrected chi connectivity index (χ1v) is 12.2. The molecule has 1 amide bonds. The van der Waals surface area contributed by atoms with Gasteiger partial charge in [0.2, 0.25) is 21.1 Å². The van der Waals surface area contributed by atoms with Crippen molar-refractivity contribution in [1.82, 2.24) is 10.2 Å². The van der Waals surface area contributed by atoms with Gasteiger partial charge >= 0.3 is 0 Å². The van der Waals surface area contributed by atoms with Crippen molar-refractivity contribution in [2.45, 2.75) is 19.9 Å². The number of anilines is 2. The Hall–Kier alpha value is -3.58. The Morgan fingerprint density at radius 1 is 1.21 bits per heavy atom. The quantitative estimate of drug-likeness (QED) is 0.373. The SMILES string of the molecule is COc1ccc(-c2nnc(NC(=O)[C@H](C)N(c3cc([N+](=O)[O-])ccc3C)S(C)(=O)=O)s2)cc1. The highest BCUT2D eigenvalue weighted by molar-refractivity contribution is 7.92. The summed E-state index contributed by atoms with van der Waals surface area (Å²) in [6.07, 6.45) is 0.932. The van der Waals surface area contributed by atoms with Crippen LogP contribution in [0.25, 0.3) is 10.6 Å². The molecule has 1 atom stereocenters. The van der Waals surface area contributed by atoms with Gasteiger partial charge in [-0.25, -0.2) is 8.42 Å². The van der Waals surface area contributed by atoms with Crippen LogP contribution in [0, 0.1) is 17.0 Å². The molecule has 0 saturated carbocycles. The molecule has 0 aliphatic heterocycles. The van der Waals surface area contributed by atoms with Gasteiger partial charge in [-0.3, -0.25) is 24.5 Å². The second-order valence-electron chi connectivity index (χ2n) is 7.09. The second kappa shape index (κ2) is 9.50. The van der Waals surface area contributed by atoms with Crippen molar-refractivity contribution in [1.29, 1.82) is 0 Å². The zero-order chi connectivity index (χ0) is 24.3. The lowest BCUT2D eigenvalue weighted by Crippen LogP contribution is -2.45. The Bertz CT molecular complexity index is 1290. The minimum Gasteiger partial charge on any atom is -0.497 e. The van der Waals surface area contributed by atoms with Gasteiger partial charge in [-0.15, -0.1) is 10.2 Å². The third-order valence-electron chi connectivity index (χ3n) is 4.72. The van der Waals surface area contributed by atoms with Gasteiger partial charge in [0.25, 0.3) is 5.69 Å². The van der Waals surface area contributed by atoms with E-state index in [-0.39, 0.29) is 16.5 Å². The lowest BCUT2D eigenvalue weighted by molar-refractivity contribution is -0.384.